The molecule has 0 aromatic carbocycles. The molecule has 0 amide bonds. The van der Waals surface area contributed by atoms with Crippen molar-refractivity contribution in [1.29, 1.82) is 0 Å². The minimum atomic E-state index is -0.960. The molecular formula is C16H24N2O3. The topological polar surface area (TPSA) is 62.7 Å². The summed E-state index contributed by atoms with van der Waals surface area (Å²) in [5.41, 5.74) is 0.775. The van der Waals surface area contributed by atoms with Crippen LogP contribution in [-0.2, 0) is 9.53 Å². The molecule has 0 aliphatic heterocycles. The summed E-state index contributed by atoms with van der Waals surface area (Å²) >= 11 is 0. The van der Waals surface area contributed by atoms with E-state index >= 15 is 0 Å². The van der Waals surface area contributed by atoms with Gasteiger partial charge in [0.2, 0.25) is 0 Å². The Hall–Kier alpha value is -1.88. The van der Waals surface area contributed by atoms with E-state index < -0.39 is 5.97 Å². The Balaban J connectivity index is 2.89. The largest absolute Gasteiger partial charge is 0.478 e. The number of rotatable bonds is 9. The molecule has 0 aliphatic rings. The lowest BCUT2D eigenvalue weighted by atomic mass is 10.1. The fraction of sp³-hybridized carbons (Fsp3) is 0.500. The van der Waals surface area contributed by atoms with E-state index in [9.17, 15) is 4.79 Å². The molecule has 1 aromatic heterocycles. The summed E-state index contributed by atoms with van der Waals surface area (Å²) in [6.45, 7) is 5.77. The maximum atomic E-state index is 10.5. The molecule has 0 bridgehead atoms. The molecule has 0 saturated heterocycles. The molecule has 1 aromatic rings. The van der Waals surface area contributed by atoms with E-state index in [2.05, 4.69) is 23.7 Å². The number of carboxylic acid groups (broad SMARTS) is 1. The van der Waals surface area contributed by atoms with Crippen LogP contribution in [0, 0.1) is 0 Å². The van der Waals surface area contributed by atoms with Gasteiger partial charge in [-0.2, -0.15) is 0 Å². The van der Waals surface area contributed by atoms with Gasteiger partial charge in [0.15, 0.2) is 0 Å². The predicted molar refractivity (Wildman–Crippen MR) is 84.5 cm³/mol. The van der Waals surface area contributed by atoms with Crippen LogP contribution in [0.1, 0.15) is 32.3 Å². The molecule has 0 spiro atoms. The first-order chi connectivity index (χ1) is 10.1. The summed E-state index contributed by atoms with van der Waals surface area (Å²) in [5, 5.41) is 8.62. The van der Waals surface area contributed by atoms with Gasteiger partial charge in [-0.3, -0.25) is 0 Å². The van der Waals surface area contributed by atoms with Crippen LogP contribution < -0.4 is 4.90 Å². The molecule has 1 rings (SSSR count). The second kappa shape index (κ2) is 9.13. The van der Waals surface area contributed by atoms with Gasteiger partial charge < -0.3 is 14.7 Å². The number of carboxylic acids is 1. The third kappa shape index (κ3) is 5.55. The molecular weight excluding hydrogens is 268 g/mol. The highest BCUT2D eigenvalue weighted by Crippen LogP contribution is 2.18. The Morgan fingerprint density at radius 2 is 2.14 bits per heavy atom. The molecule has 21 heavy (non-hydrogen) atoms. The maximum Gasteiger partial charge on any atom is 0.328 e. The summed E-state index contributed by atoms with van der Waals surface area (Å²) < 4.78 is 5.18. The molecule has 5 heteroatoms. The fourth-order valence-electron chi connectivity index (χ4n) is 2.24. The van der Waals surface area contributed by atoms with Gasteiger partial charge in [-0.05, 0) is 36.6 Å². The van der Waals surface area contributed by atoms with Crippen LogP contribution in [0.15, 0.2) is 24.4 Å². The van der Waals surface area contributed by atoms with Crippen molar-refractivity contribution in [2.75, 3.05) is 25.2 Å². The number of hydrogen-bond acceptors (Lipinski definition) is 4. The molecule has 0 unspecified atom stereocenters. The van der Waals surface area contributed by atoms with Gasteiger partial charge in [-0.1, -0.05) is 13.8 Å². The maximum absolute atomic E-state index is 10.5. The summed E-state index contributed by atoms with van der Waals surface area (Å²) in [6.07, 6.45) is 6.43. The highest BCUT2D eigenvalue weighted by atomic mass is 16.5. The van der Waals surface area contributed by atoms with Crippen molar-refractivity contribution in [2.24, 2.45) is 0 Å². The molecule has 1 N–H and O–H groups in total. The van der Waals surface area contributed by atoms with Gasteiger partial charge in [0.25, 0.3) is 0 Å². The van der Waals surface area contributed by atoms with Gasteiger partial charge in [0, 0.05) is 32.0 Å². The van der Waals surface area contributed by atoms with Gasteiger partial charge in [-0.25, -0.2) is 9.78 Å². The van der Waals surface area contributed by atoms with E-state index in [0.717, 1.165) is 36.8 Å². The first-order valence-electron chi connectivity index (χ1n) is 7.25. The summed E-state index contributed by atoms with van der Waals surface area (Å²) in [5.74, 6) is -0.0638. The van der Waals surface area contributed by atoms with Gasteiger partial charge in [0.05, 0.1) is 6.61 Å². The van der Waals surface area contributed by atoms with Gasteiger partial charge in [-0.15, -0.1) is 0 Å². The van der Waals surface area contributed by atoms with Crippen LogP contribution in [-0.4, -0.2) is 42.4 Å². The number of ether oxygens (including phenoxy) is 1. The Bertz CT molecular complexity index is 453. The first-order valence-corrected chi connectivity index (χ1v) is 7.25. The van der Waals surface area contributed by atoms with Crippen molar-refractivity contribution >= 4 is 17.9 Å². The Kier molecular flexibility index (Phi) is 7.46. The highest BCUT2D eigenvalue weighted by Gasteiger charge is 2.16. The van der Waals surface area contributed by atoms with Crippen LogP contribution in [0.25, 0.3) is 6.08 Å². The van der Waals surface area contributed by atoms with E-state index in [1.165, 1.54) is 6.08 Å². The van der Waals surface area contributed by atoms with E-state index in [1.54, 1.807) is 13.3 Å². The SMILES string of the molecule is CCC(CC)N(CCOC)c1ccc(/C=C/C(=O)O)cn1. The smallest absolute Gasteiger partial charge is 0.328 e. The number of carbonyl (C=O) groups is 1. The fourth-order valence-corrected chi connectivity index (χ4v) is 2.24. The lowest BCUT2D eigenvalue weighted by molar-refractivity contribution is -0.131. The summed E-state index contributed by atoms with van der Waals surface area (Å²) in [4.78, 5) is 17.2. The minimum absolute atomic E-state index is 0.424. The number of anilines is 1. The quantitative estimate of drug-likeness (QED) is 0.709. The number of nitrogens with zero attached hydrogens (tertiary/aromatic N) is 2. The zero-order valence-electron chi connectivity index (χ0n) is 13.0. The van der Waals surface area contributed by atoms with E-state index in [1.807, 2.05) is 12.1 Å². The summed E-state index contributed by atoms with van der Waals surface area (Å²) in [6, 6.07) is 4.23. The monoisotopic (exact) mass is 292 g/mol. The van der Waals surface area contributed by atoms with Crippen molar-refractivity contribution in [2.45, 2.75) is 32.7 Å². The van der Waals surface area contributed by atoms with E-state index in [-0.39, 0.29) is 0 Å². The van der Waals surface area contributed by atoms with Gasteiger partial charge >= 0.3 is 5.97 Å². The van der Waals surface area contributed by atoms with Crippen LogP contribution in [0.2, 0.25) is 0 Å². The molecule has 116 valence electrons. The van der Waals surface area contributed by atoms with Gasteiger partial charge in [0.1, 0.15) is 5.82 Å². The van der Waals surface area contributed by atoms with Crippen molar-refractivity contribution in [3.05, 3.63) is 30.0 Å². The van der Waals surface area contributed by atoms with Crippen LogP contribution in [0.5, 0.6) is 0 Å². The highest BCUT2D eigenvalue weighted by molar-refractivity contribution is 5.85. The third-order valence-electron chi connectivity index (χ3n) is 3.40. The van der Waals surface area contributed by atoms with Crippen molar-refractivity contribution in [3.8, 4) is 0 Å². The predicted octanol–water partition coefficient (Wildman–Crippen LogP) is 2.82. The number of aliphatic carboxylic acids is 1. The second-order valence-electron chi connectivity index (χ2n) is 4.78. The van der Waals surface area contributed by atoms with Crippen LogP contribution in [0.4, 0.5) is 5.82 Å². The Labute approximate surface area is 126 Å². The zero-order chi connectivity index (χ0) is 15.7. The van der Waals surface area contributed by atoms with E-state index in [0.29, 0.717) is 12.6 Å². The molecule has 0 aliphatic carbocycles. The molecule has 0 atom stereocenters. The van der Waals surface area contributed by atoms with Crippen LogP contribution >= 0.6 is 0 Å². The lowest BCUT2D eigenvalue weighted by Gasteiger charge is -2.31. The zero-order valence-corrected chi connectivity index (χ0v) is 13.0. The number of pyridine rings is 1. The Morgan fingerprint density at radius 1 is 1.43 bits per heavy atom. The lowest BCUT2D eigenvalue weighted by Crippen LogP contribution is -2.37. The molecule has 1 heterocycles. The minimum Gasteiger partial charge on any atom is -0.478 e. The average molecular weight is 292 g/mol. The molecule has 0 saturated carbocycles. The average Bonchev–Trinajstić information content (AvgIpc) is 2.50. The third-order valence-corrected chi connectivity index (χ3v) is 3.40. The van der Waals surface area contributed by atoms with Crippen LogP contribution in [0.3, 0.4) is 0 Å². The first kappa shape index (κ1) is 17.2. The van der Waals surface area contributed by atoms with Crippen molar-refractivity contribution in [3.63, 3.8) is 0 Å². The molecule has 0 fully saturated rings. The number of hydrogen-bond donors (Lipinski definition) is 1. The summed E-state index contributed by atoms with van der Waals surface area (Å²) in [7, 11) is 1.69. The number of aromatic nitrogens is 1. The second-order valence-corrected chi connectivity index (χ2v) is 4.78. The van der Waals surface area contributed by atoms with Crippen molar-refractivity contribution in [1.82, 2.24) is 4.98 Å². The van der Waals surface area contributed by atoms with E-state index in [4.69, 9.17) is 9.84 Å². The number of methoxy groups -OCH3 is 1. The van der Waals surface area contributed by atoms with Crippen molar-refractivity contribution < 1.29 is 14.6 Å². The Morgan fingerprint density at radius 3 is 2.62 bits per heavy atom. The standard InChI is InChI=1S/C16H24N2O3/c1-4-14(5-2)18(10-11-21-3)15-8-6-13(12-17-15)7-9-16(19)20/h6-9,12,14H,4-5,10-11H2,1-3H3,(H,19,20)/b9-7+. The normalized spacial score (nSPS) is 11.2. The molecule has 5 nitrogen and oxygen atoms in total. The molecule has 0 radical (unpaired) electrons.